The van der Waals surface area contributed by atoms with Crippen LogP contribution in [0.25, 0.3) is 0 Å². The monoisotopic (exact) mass is 287 g/mol. The molecular weight excluding hydrogens is 274 g/mol. The third-order valence-corrected chi connectivity index (χ3v) is 3.00. The lowest BCUT2D eigenvalue weighted by molar-refractivity contribution is 0.463. The van der Waals surface area contributed by atoms with Crippen LogP contribution in [0.3, 0.4) is 0 Å². The van der Waals surface area contributed by atoms with Crippen molar-refractivity contribution in [2.24, 2.45) is 0 Å². The van der Waals surface area contributed by atoms with Gasteiger partial charge in [-0.2, -0.15) is 5.26 Å². The molecule has 0 bridgehead atoms. The van der Waals surface area contributed by atoms with Crippen molar-refractivity contribution >= 4 is 11.4 Å². The van der Waals surface area contributed by atoms with Crippen molar-refractivity contribution in [1.82, 2.24) is 4.98 Å². The van der Waals surface area contributed by atoms with Crippen molar-refractivity contribution in [2.45, 2.75) is 0 Å². The summed E-state index contributed by atoms with van der Waals surface area (Å²) in [6, 6.07) is 22.9. The zero-order valence-electron chi connectivity index (χ0n) is 11.7. The first-order valence-corrected chi connectivity index (χ1v) is 6.80. The van der Waals surface area contributed by atoms with Crippen LogP contribution in [-0.4, -0.2) is 4.98 Å². The molecule has 0 unspecified atom stereocenters. The normalized spacial score (nSPS) is 9.77. The summed E-state index contributed by atoms with van der Waals surface area (Å²) in [6.45, 7) is 0. The fraction of sp³-hybridized carbons (Fsp3) is 0. The van der Waals surface area contributed by atoms with Crippen molar-refractivity contribution in [1.29, 1.82) is 5.26 Å². The fourth-order valence-corrected chi connectivity index (χ4v) is 1.92. The highest BCUT2D eigenvalue weighted by atomic mass is 16.5. The van der Waals surface area contributed by atoms with Crippen LogP contribution >= 0.6 is 0 Å². The van der Waals surface area contributed by atoms with Crippen LogP contribution in [-0.2, 0) is 0 Å². The lowest BCUT2D eigenvalue weighted by Gasteiger charge is -2.08. The van der Waals surface area contributed by atoms with E-state index in [4.69, 9.17) is 10.00 Å². The first-order valence-electron chi connectivity index (χ1n) is 6.80. The molecule has 0 radical (unpaired) electrons. The van der Waals surface area contributed by atoms with Gasteiger partial charge in [0, 0.05) is 23.6 Å². The summed E-state index contributed by atoms with van der Waals surface area (Å²) >= 11 is 0. The molecule has 1 N–H and O–H groups in total. The summed E-state index contributed by atoms with van der Waals surface area (Å²) in [7, 11) is 0. The van der Waals surface area contributed by atoms with Crippen LogP contribution in [0.4, 0.5) is 11.4 Å². The van der Waals surface area contributed by atoms with Crippen LogP contribution in [0, 0.1) is 11.3 Å². The molecule has 0 aliphatic rings. The minimum Gasteiger partial charge on any atom is -0.439 e. The van der Waals surface area contributed by atoms with Crippen molar-refractivity contribution in [3.8, 4) is 17.7 Å². The van der Waals surface area contributed by atoms with E-state index in [0.29, 0.717) is 17.2 Å². The minimum absolute atomic E-state index is 0.461. The van der Waals surface area contributed by atoms with Gasteiger partial charge in [0.25, 0.3) is 0 Å². The summed E-state index contributed by atoms with van der Waals surface area (Å²) in [6.07, 6.45) is 1.49. The van der Waals surface area contributed by atoms with Gasteiger partial charge in [-0.1, -0.05) is 18.2 Å². The zero-order chi connectivity index (χ0) is 15.2. The molecule has 106 valence electrons. The Hall–Kier alpha value is -3.32. The van der Waals surface area contributed by atoms with Gasteiger partial charge in [-0.15, -0.1) is 0 Å². The summed E-state index contributed by atoms with van der Waals surface area (Å²) in [5.74, 6) is 1.15. The Morgan fingerprint density at radius 1 is 0.864 bits per heavy atom. The van der Waals surface area contributed by atoms with E-state index < -0.39 is 0 Å². The quantitative estimate of drug-likeness (QED) is 0.768. The average Bonchev–Trinajstić information content (AvgIpc) is 2.58. The fourth-order valence-electron chi connectivity index (χ4n) is 1.92. The Labute approximate surface area is 128 Å². The maximum atomic E-state index is 8.73. The van der Waals surface area contributed by atoms with E-state index in [1.807, 2.05) is 60.7 Å². The number of anilines is 2. The molecule has 1 heterocycles. The smallest absolute Gasteiger partial charge is 0.219 e. The first kappa shape index (κ1) is 13.7. The molecule has 0 fully saturated rings. The number of aromatic nitrogens is 1. The molecule has 0 aliphatic carbocycles. The molecule has 22 heavy (non-hydrogen) atoms. The number of hydrogen-bond donors (Lipinski definition) is 1. The van der Waals surface area contributed by atoms with Gasteiger partial charge in [0.15, 0.2) is 0 Å². The number of ether oxygens (including phenoxy) is 1. The number of para-hydroxylation sites is 1. The highest BCUT2D eigenvalue weighted by molar-refractivity contribution is 5.60. The zero-order valence-corrected chi connectivity index (χ0v) is 11.7. The molecule has 3 rings (SSSR count). The molecule has 4 nitrogen and oxygen atoms in total. The molecule has 1 aromatic heterocycles. The second kappa shape index (κ2) is 6.42. The van der Waals surface area contributed by atoms with Crippen molar-refractivity contribution in [3.05, 3.63) is 78.5 Å². The van der Waals surface area contributed by atoms with Gasteiger partial charge in [0.05, 0.1) is 5.56 Å². The van der Waals surface area contributed by atoms with E-state index in [1.165, 1.54) is 6.20 Å². The largest absolute Gasteiger partial charge is 0.439 e. The number of benzene rings is 2. The Morgan fingerprint density at radius 3 is 2.23 bits per heavy atom. The molecular formula is C18H13N3O. The van der Waals surface area contributed by atoms with Crippen LogP contribution < -0.4 is 10.1 Å². The van der Waals surface area contributed by atoms with Gasteiger partial charge in [0.1, 0.15) is 11.8 Å². The first-order chi connectivity index (χ1) is 10.8. The lowest BCUT2D eigenvalue weighted by atomic mass is 10.2. The van der Waals surface area contributed by atoms with Gasteiger partial charge in [0.2, 0.25) is 5.88 Å². The molecule has 4 heteroatoms. The highest BCUT2D eigenvalue weighted by Gasteiger charge is 2.00. The van der Waals surface area contributed by atoms with Gasteiger partial charge < -0.3 is 10.1 Å². The molecule has 0 saturated heterocycles. The van der Waals surface area contributed by atoms with E-state index in [1.54, 1.807) is 12.1 Å². The number of nitrogens with one attached hydrogen (secondary N) is 1. The Balaban J connectivity index is 1.67. The Bertz CT molecular complexity index is 775. The standard InChI is InChI=1S/C18H13N3O/c19-12-14-6-11-18(20-13-14)22-17-9-7-16(8-10-17)21-15-4-2-1-3-5-15/h1-11,13,21H. The number of nitriles is 1. The van der Waals surface area contributed by atoms with E-state index in [-0.39, 0.29) is 0 Å². The molecule has 0 spiro atoms. The molecule has 3 aromatic rings. The average molecular weight is 287 g/mol. The molecule has 2 aromatic carbocycles. The maximum absolute atomic E-state index is 8.73. The lowest BCUT2D eigenvalue weighted by Crippen LogP contribution is -1.91. The van der Waals surface area contributed by atoms with E-state index in [0.717, 1.165) is 11.4 Å². The SMILES string of the molecule is N#Cc1ccc(Oc2ccc(Nc3ccccc3)cc2)nc1. The molecule has 0 aliphatic heterocycles. The number of nitrogens with zero attached hydrogens (tertiary/aromatic N) is 2. The van der Waals surface area contributed by atoms with Gasteiger partial charge in [-0.3, -0.25) is 0 Å². The maximum Gasteiger partial charge on any atom is 0.219 e. The Kier molecular flexibility index (Phi) is 3.98. The van der Waals surface area contributed by atoms with E-state index >= 15 is 0 Å². The van der Waals surface area contributed by atoms with Gasteiger partial charge in [-0.05, 0) is 42.5 Å². The van der Waals surface area contributed by atoms with Gasteiger partial charge in [-0.25, -0.2) is 4.98 Å². The topological polar surface area (TPSA) is 57.9 Å². The predicted octanol–water partition coefficient (Wildman–Crippen LogP) is 4.49. The number of pyridine rings is 1. The van der Waals surface area contributed by atoms with Crippen molar-refractivity contribution in [2.75, 3.05) is 5.32 Å². The van der Waals surface area contributed by atoms with E-state index in [9.17, 15) is 0 Å². The van der Waals surface area contributed by atoms with E-state index in [2.05, 4.69) is 10.3 Å². The second-order valence-corrected chi connectivity index (χ2v) is 4.61. The van der Waals surface area contributed by atoms with Gasteiger partial charge >= 0.3 is 0 Å². The third-order valence-electron chi connectivity index (χ3n) is 3.00. The van der Waals surface area contributed by atoms with Crippen LogP contribution in [0.5, 0.6) is 11.6 Å². The molecule has 0 saturated carbocycles. The summed E-state index contributed by atoms with van der Waals surface area (Å²) in [5.41, 5.74) is 2.52. The number of rotatable bonds is 4. The van der Waals surface area contributed by atoms with Crippen LogP contribution in [0.1, 0.15) is 5.56 Å². The van der Waals surface area contributed by atoms with Crippen LogP contribution in [0.2, 0.25) is 0 Å². The highest BCUT2D eigenvalue weighted by Crippen LogP contribution is 2.23. The second-order valence-electron chi connectivity index (χ2n) is 4.61. The third kappa shape index (κ3) is 3.41. The minimum atomic E-state index is 0.461. The summed E-state index contributed by atoms with van der Waals surface area (Å²) in [5, 5.41) is 12.0. The van der Waals surface area contributed by atoms with Crippen molar-refractivity contribution in [3.63, 3.8) is 0 Å². The van der Waals surface area contributed by atoms with Crippen LogP contribution in [0.15, 0.2) is 72.9 Å². The summed E-state index contributed by atoms with van der Waals surface area (Å²) < 4.78 is 5.63. The summed E-state index contributed by atoms with van der Waals surface area (Å²) in [4.78, 5) is 4.07. The Morgan fingerprint density at radius 2 is 1.59 bits per heavy atom. The predicted molar refractivity (Wildman–Crippen MR) is 85.2 cm³/mol. The molecule has 0 atom stereocenters. The molecule has 0 amide bonds. The number of hydrogen-bond acceptors (Lipinski definition) is 4. The van der Waals surface area contributed by atoms with Crippen molar-refractivity contribution < 1.29 is 4.74 Å².